The third kappa shape index (κ3) is 2.53. The van der Waals surface area contributed by atoms with Crippen LogP contribution in [0.25, 0.3) is 28.2 Å². The zero-order valence-corrected chi connectivity index (χ0v) is 14.8. The number of imidazole rings is 1. The first kappa shape index (κ1) is 16.3. The van der Waals surface area contributed by atoms with Crippen molar-refractivity contribution in [2.24, 2.45) is 0 Å². The molecular weight excluding hydrogens is 351 g/mol. The van der Waals surface area contributed by atoms with E-state index in [9.17, 15) is 9.15 Å². The highest BCUT2D eigenvalue weighted by Crippen LogP contribution is 2.35. The molecule has 0 unspecified atom stereocenters. The summed E-state index contributed by atoms with van der Waals surface area (Å²) >= 11 is 0.0432. The van der Waals surface area contributed by atoms with Crippen LogP contribution in [0.2, 0.25) is 0 Å². The third-order valence-corrected chi connectivity index (χ3v) is 4.67. The van der Waals surface area contributed by atoms with Crippen molar-refractivity contribution >= 4 is 18.0 Å². The fourth-order valence-electron chi connectivity index (χ4n) is 2.96. The Balaban J connectivity index is 1.99. The van der Waals surface area contributed by atoms with Gasteiger partial charge in [0, 0.05) is 23.0 Å². The van der Waals surface area contributed by atoms with Gasteiger partial charge in [-0.2, -0.15) is 14.4 Å². The highest BCUT2D eigenvalue weighted by molar-refractivity contribution is 7.92. The molecule has 26 heavy (non-hydrogen) atoms. The molecule has 0 saturated carbocycles. The molecule has 4 rings (SSSR count). The van der Waals surface area contributed by atoms with E-state index >= 15 is 0 Å². The second-order valence-corrected chi connectivity index (χ2v) is 6.30. The van der Waals surface area contributed by atoms with E-state index in [0.717, 1.165) is 16.8 Å². The van der Waals surface area contributed by atoms with Gasteiger partial charge in [-0.3, -0.25) is 9.38 Å². The van der Waals surface area contributed by atoms with Gasteiger partial charge in [-0.1, -0.05) is 6.07 Å². The van der Waals surface area contributed by atoms with Crippen molar-refractivity contribution in [3.63, 3.8) is 0 Å². The minimum Gasteiger partial charge on any atom is -0.291 e. The van der Waals surface area contributed by atoms with Gasteiger partial charge >= 0.3 is 0 Å². The van der Waals surface area contributed by atoms with Crippen LogP contribution in [-0.4, -0.2) is 23.6 Å². The predicted molar refractivity (Wildman–Crippen MR) is 97.9 cm³/mol. The summed E-state index contributed by atoms with van der Waals surface area (Å²) in [5.74, 6) is 0. The topological polar surface area (TPSA) is 71.8 Å². The molecule has 0 fully saturated rings. The lowest BCUT2D eigenvalue weighted by atomic mass is 10.0. The van der Waals surface area contributed by atoms with Gasteiger partial charge in [0.25, 0.3) is 0 Å². The van der Waals surface area contributed by atoms with Crippen molar-refractivity contribution in [1.29, 1.82) is 5.26 Å². The van der Waals surface area contributed by atoms with Crippen LogP contribution in [0.3, 0.4) is 0 Å². The van der Waals surface area contributed by atoms with Crippen LogP contribution in [0.4, 0.5) is 3.89 Å². The number of rotatable bonds is 3. The van der Waals surface area contributed by atoms with Crippen molar-refractivity contribution in [1.82, 2.24) is 23.6 Å². The SMILES string of the molecule is Cc1cccc(-c2nn(SF)c(C)c2-c2ccc3ncc(C#N)n3c2)n1. The summed E-state index contributed by atoms with van der Waals surface area (Å²) < 4.78 is 16.3. The molecule has 128 valence electrons. The predicted octanol–water partition coefficient (Wildman–Crippen LogP) is 4.13. The number of fused-ring (bicyclic) bond motifs is 1. The average Bonchev–Trinajstić information content (AvgIpc) is 3.21. The summed E-state index contributed by atoms with van der Waals surface area (Å²) in [5.41, 5.74) is 5.46. The van der Waals surface area contributed by atoms with E-state index in [-0.39, 0.29) is 12.3 Å². The molecular formula is C18H13FN6S. The molecule has 0 amide bonds. The minimum atomic E-state index is 0.0432. The Bertz CT molecular complexity index is 1170. The van der Waals surface area contributed by atoms with Crippen LogP contribution in [0.1, 0.15) is 17.1 Å². The first-order valence-electron chi connectivity index (χ1n) is 7.82. The molecule has 0 bridgehead atoms. The number of pyridine rings is 2. The van der Waals surface area contributed by atoms with E-state index in [1.807, 2.05) is 43.5 Å². The van der Waals surface area contributed by atoms with E-state index in [2.05, 4.69) is 21.1 Å². The minimum absolute atomic E-state index is 0.0432. The van der Waals surface area contributed by atoms with Crippen molar-refractivity contribution in [3.05, 3.63) is 59.8 Å². The van der Waals surface area contributed by atoms with Crippen molar-refractivity contribution in [2.45, 2.75) is 13.8 Å². The molecule has 0 aliphatic rings. The number of nitriles is 1. The first-order valence-corrected chi connectivity index (χ1v) is 8.50. The summed E-state index contributed by atoms with van der Waals surface area (Å²) in [6.07, 6.45) is 3.34. The maximum atomic E-state index is 13.4. The highest BCUT2D eigenvalue weighted by atomic mass is 32.2. The fourth-order valence-corrected chi connectivity index (χ4v) is 3.27. The Labute approximate surface area is 153 Å². The van der Waals surface area contributed by atoms with Crippen molar-refractivity contribution < 1.29 is 3.89 Å². The van der Waals surface area contributed by atoms with Crippen LogP contribution >= 0.6 is 12.3 Å². The lowest BCUT2D eigenvalue weighted by molar-refractivity contribution is 0.864. The second-order valence-electron chi connectivity index (χ2n) is 5.82. The van der Waals surface area contributed by atoms with Gasteiger partial charge in [-0.15, -0.1) is 3.89 Å². The molecule has 4 heterocycles. The van der Waals surface area contributed by atoms with Gasteiger partial charge in [0.15, 0.2) is 12.3 Å². The van der Waals surface area contributed by atoms with Gasteiger partial charge in [0.1, 0.15) is 23.1 Å². The smallest absolute Gasteiger partial charge is 0.187 e. The monoisotopic (exact) mass is 364 g/mol. The van der Waals surface area contributed by atoms with Crippen LogP contribution in [0.15, 0.2) is 42.7 Å². The Kier molecular flexibility index (Phi) is 3.93. The quantitative estimate of drug-likeness (QED) is 0.547. The van der Waals surface area contributed by atoms with Gasteiger partial charge in [0.05, 0.1) is 17.6 Å². The fraction of sp³-hybridized carbons (Fsp3) is 0.111. The van der Waals surface area contributed by atoms with E-state index in [1.54, 1.807) is 11.3 Å². The van der Waals surface area contributed by atoms with Crippen LogP contribution in [0.5, 0.6) is 0 Å². The molecule has 6 nitrogen and oxygen atoms in total. The van der Waals surface area contributed by atoms with Gasteiger partial charge in [-0.25, -0.2) is 4.98 Å². The largest absolute Gasteiger partial charge is 0.291 e. The summed E-state index contributed by atoms with van der Waals surface area (Å²) in [5, 5.41) is 13.6. The zero-order valence-electron chi connectivity index (χ0n) is 14.0. The summed E-state index contributed by atoms with van der Waals surface area (Å²) in [6.45, 7) is 3.70. The van der Waals surface area contributed by atoms with Gasteiger partial charge < -0.3 is 0 Å². The van der Waals surface area contributed by atoms with Crippen LogP contribution in [-0.2, 0) is 0 Å². The van der Waals surface area contributed by atoms with Crippen molar-refractivity contribution in [2.75, 3.05) is 0 Å². The second kappa shape index (κ2) is 6.28. The lowest BCUT2D eigenvalue weighted by Crippen LogP contribution is -1.93. The van der Waals surface area contributed by atoms with Gasteiger partial charge in [0.2, 0.25) is 0 Å². The summed E-state index contributed by atoms with van der Waals surface area (Å²) in [7, 11) is 0. The highest BCUT2D eigenvalue weighted by Gasteiger charge is 2.20. The number of halogens is 1. The molecule has 0 aliphatic carbocycles. The van der Waals surface area contributed by atoms with E-state index in [1.165, 1.54) is 10.3 Å². The molecule has 4 aromatic heterocycles. The lowest BCUT2D eigenvalue weighted by Gasteiger charge is -2.06. The number of aryl methyl sites for hydroxylation is 1. The van der Waals surface area contributed by atoms with E-state index in [0.29, 0.717) is 28.4 Å². The normalized spacial score (nSPS) is 11.0. The standard InChI is InChI=1S/C18H13FN6S/c1-11-4-3-5-15(22-11)18-17(12(2)25(23-18)26-19)13-6-7-16-21-9-14(8-20)24(16)10-13/h3-7,9-10H,1-2H3. The molecule has 8 heteroatoms. The molecule has 0 atom stereocenters. The maximum absolute atomic E-state index is 13.4. The number of hydrogen-bond acceptors (Lipinski definition) is 5. The molecule has 0 saturated heterocycles. The summed E-state index contributed by atoms with van der Waals surface area (Å²) in [4.78, 5) is 8.73. The Morgan fingerprint density at radius 3 is 2.77 bits per heavy atom. The molecule has 0 aromatic carbocycles. The Hall–Kier alpha value is -3.18. The molecule has 0 spiro atoms. The molecule has 0 N–H and O–H groups in total. The number of hydrogen-bond donors (Lipinski definition) is 0. The Morgan fingerprint density at radius 1 is 1.19 bits per heavy atom. The van der Waals surface area contributed by atoms with Crippen LogP contribution in [0, 0.1) is 25.2 Å². The van der Waals surface area contributed by atoms with Gasteiger partial charge in [-0.05, 0) is 38.1 Å². The molecule has 0 radical (unpaired) electrons. The Morgan fingerprint density at radius 2 is 2.04 bits per heavy atom. The van der Waals surface area contributed by atoms with Crippen LogP contribution < -0.4 is 0 Å². The van der Waals surface area contributed by atoms with E-state index in [4.69, 9.17) is 0 Å². The van der Waals surface area contributed by atoms with E-state index < -0.39 is 0 Å². The number of nitrogens with zero attached hydrogens (tertiary/aromatic N) is 6. The molecule has 4 aromatic rings. The zero-order chi connectivity index (χ0) is 18.3. The first-order chi connectivity index (χ1) is 12.6. The average molecular weight is 364 g/mol. The number of aromatic nitrogens is 5. The molecule has 0 aliphatic heterocycles. The third-order valence-electron chi connectivity index (χ3n) is 4.18. The maximum Gasteiger partial charge on any atom is 0.187 e. The summed E-state index contributed by atoms with van der Waals surface area (Å²) in [6, 6.07) is 11.5. The van der Waals surface area contributed by atoms with Crippen molar-refractivity contribution in [3.8, 4) is 28.6 Å².